The monoisotopic (exact) mass is 437 g/mol. The highest BCUT2D eigenvalue weighted by molar-refractivity contribution is 9.10. The van der Waals surface area contributed by atoms with Crippen molar-refractivity contribution in [3.8, 4) is 0 Å². The van der Waals surface area contributed by atoms with Crippen molar-refractivity contribution in [3.05, 3.63) is 28.2 Å². The van der Waals surface area contributed by atoms with Gasteiger partial charge in [0.15, 0.2) is 5.96 Å². The minimum atomic E-state index is -0.0145. The topological polar surface area (TPSA) is 68.8 Å². The second kappa shape index (κ2) is 10.1. The zero-order valence-corrected chi connectivity index (χ0v) is 18.6. The molecule has 1 aromatic carbocycles. The predicted octanol–water partition coefficient (Wildman–Crippen LogP) is 2.98. The van der Waals surface area contributed by atoms with E-state index >= 15 is 0 Å². The molecule has 27 heavy (non-hydrogen) atoms. The fraction of sp³-hybridized carbons (Fsp3) is 0.600. The fourth-order valence-electron chi connectivity index (χ4n) is 3.22. The molecule has 0 aromatic heterocycles. The molecule has 0 bridgehead atoms. The summed E-state index contributed by atoms with van der Waals surface area (Å²) in [5, 5.41) is 9.72. The van der Waals surface area contributed by atoms with Gasteiger partial charge >= 0.3 is 0 Å². The van der Waals surface area contributed by atoms with E-state index in [1.165, 1.54) is 0 Å². The van der Waals surface area contributed by atoms with Crippen molar-refractivity contribution < 1.29 is 4.79 Å². The Morgan fingerprint density at radius 2 is 2.11 bits per heavy atom. The predicted molar refractivity (Wildman–Crippen MR) is 116 cm³/mol. The Kier molecular flexibility index (Phi) is 8.10. The van der Waals surface area contributed by atoms with Gasteiger partial charge in [0.2, 0.25) is 5.91 Å². The summed E-state index contributed by atoms with van der Waals surface area (Å²) >= 11 is 3.44. The van der Waals surface area contributed by atoms with Crippen LogP contribution in [0.2, 0.25) is 0 Å². The van der Waals surface area contributed by atoms with Crippen molar-refractivity contribution in [3.63, 3.8) is 0 Å². The second-order valence-corrected chi connectivity index (χ2v) is 8.45. The molecule has 1 aliphatic rings. The highest BCUT2D eigenvalue weighted by Crippen LogP contribution is 2.21. The van der Waals surface area contributed by atoms with Crippen LogP contribution in [-0.4, -0.2) is 55.5 Å². The van der Waals surface area contributed by atoms with E-state index in [4.69, 9.17) is 0 Å². The molecule has 3 N–H and O–H groups in total. The summed E-state index contributed by atoms with van der Waals surface area (Å²) in [6, 6.07) is 6.79. The normalized spacial score (nSPS) is 20.8. The number of likely N-dealkylation sites (tertiary alicyclic amines) is 1. The fourth-order valence-corrected chi connectivity index (χ4v) is 3.58. The number of carbonyl (C=O) groups excluding carboxylic acids is 1. The van der Waals surface area contributed by atoms with Crippen molar-refractivity contribution >= 4 is 33.5 Å². The van der Waals surface area contributed by atoms with Gasteiger partial charge in [-0.05, 0) is 44.4 Å². The molecule has 0 saturated carbocycles. The van der Waals surface area contributed by atoms with Crippen molar-refractivity contribution in [2.45, 2.75) is 46.2 Å². The van der Waals surface area contributed by atoms with Crippen LogP contribution in [0.4, 0.5) is 5.69 Å². The van der Waals surface area contributed by atoms with Gasteiger partial charge in [-0.15, -0.1) is 0 Å². The molecule has 1 aromatic rings. The Hall–Kier alpha value is -1.60. The third kappa shape index (κ3) is 6.50. The molecule has 2 rings (SSSR count). The first-order chi connectivity index (χ1) is 12.8. The molecule has 1 saturated heterocycles. The Balaban J connectivity index is 1.77. The van der Waals surface area contributed by atoms with E-state index < -0.39 is 0 Å². The first kappa shape index (κ1) is 21.7. The highest BCUT2D eigenvalue weighted by Gasteiger charge is 2.31. The number of anilines is 1. The van der Waals surface area contributed by atoms with Gasteiger partial charge in [0.25, 0.3) is 0 Å². The van der Waals surface area contributed by atoms with Crippen LogP contribution in [0.3, 0.4) is 0 Å². The van der Waals surface area contributed by atoms with Crippen LogP contribution in [0.15, 0.2) is 27.7 Å². The van der Waals surface area contributed by atoms with Crippen molar-refractivity contribution in [2.75, 3.05) is 32.0 Å². The number of hydrogen-bond acceptors (Lipinski definition) is 3. The van der Waals surface area contributed by atoms with Gasteiger partial charge in [-0.2, -0.15) is 0 Å². The zero-order chi connectivity index (χ0) is 20.0. The van der Waals surface area contributed by atoms with E-state index in [1.54, 1.807) is 7.05 Å². The lowest BCUT2D eigenvalue weighted by atomic mass is 10.1. The van der Waals surface area contributed by atoms with Crippen molar-refractivity contribution in [1.29, 1.82) is 0 Å². The maximum Gasteiger partial charge on any atom is 0.226 e. The van der Waals surface area contributed by atoms with Gasteiger partial charge in [-0.1, -0.05) is 28.9 Å². The summed E-state index contributed by atoms with van der Waals surface area (Å²) in [7, 11) is 1.76. The molecule has 2 unspecified atom stereocenters. The minimum Gasteiger partial charge on any atom is -0.356 e. The molecule has 150 valence electrons. The maximum atomic E-state index is 12.2. The number of carbonyl (C=O) groups is 1. The van der Waals surface area contributed by atoms with Crippen LogP contribution >= 0.6 is 15.9 Å². The first-order valence-electron chi connectivity index (χ1n) is 9.57. The molecule has 0 radical (unpaired) electrons. The summed E-state index contributed by atoms with van der Waals surface area (Å²) in [5.74, 6) is 1.30. The third-order valence-corrected chi connectivity index (χ3v) is 5.53. The average molecular weight is 438 g/mol. The van der Waals surface area contributed by atoms with Crippen LogP contribution in [0.1, 0.15) is 32.8 Å². The highest BCUT2D eigenvalue weighted by atomic mass is 79.9. The zero-order valence-electron chi connectivity index (χ0n) is 17.0. The molecular weight excluding hydrogens is 406 g/mol. The van der Waals surface area contributed by atoms with E-state index in [1.807, 2.05) is 25.1 Å². The lowest BCUT2D eigenvalue weighted by Crippen LogP contribution is -2.47. The smallest absolute Gasteiger partial charge is 0.226 e. The van der Waals surface area contributed by atoms with Crippen LogP contribution in [0, 0.1) is 12.8 Å². The quantitative estimate of drug-likeness (QED) is 0.472. The molecule has 1 amide bonds. The molecule has 0 spiro atoms. The summed E-state index contributed by atoms with van der Waals surface area (Å²) in [6.07, 6.45) is 0.380. The number of rotatable bonds is 6. The van der Waals surface area contributed by atoms with E-state index in [0.29, 0.717) is 31.0 Å². The van der Waals surface area contributed by atoms with E-state index in [-0.39, 0.29) is 5.91 Å². The summed E-state index contributed by atoms with van der Waals surface area (Å²) in [5.41, 5.74) is 1.88. The van der Waals surface area contributed by atoms with Crippen molar-refractivity contribution in [1.82, 2.24) is 15.5 Å². The van der Waals surface area contributed by atoms with Crippen LogP contribution in [0.25, 0.3) is 0 Å². The molecular formula is C20H32BrN5O. The van der Waals surface area contributed by atoms with E-state index in [9.17, 15) is 4.79 Å². The Labute approximate surface area is 171 Å². The minimum absolute atomic E-state index is 0.0145. The molecule has 1 aliphatic heterocycles. The van der Waals surface area contributed by atoms with Gasteiger partial charge in [-0.3, -0.25) is 14.7 Å². The number of guanidine groups is 1. The molecule has 7 heteroatoms. The molecule has 0 aliphatic carbocycles. The number of nitrogens with zero attached hydrogens (tertiary/aromatic N) is 2. The maximum absolute atomic E-state index is 12.2. The number of benzene rings is 1. The van der Waals surface area contributed by atoms with E-state index in [2.05, 4.69) is 62.5 Å². The standard InChI is InChI=1S/C20H32BrN5O/c1-13(2)26-11-15(4)18(12-26)25-20(22-5)23-9-8-19(27)24-17-10-16(21)7-6-14(17)3/h6-7,10,13,15,18H,8-9,11-12H2,1-5H3,(H,24,27)(H2,22,23,25). The second-order valence-electron chi connectivity index (χ2n) is 7.53. The van der Waals surface area contributed by atoms with Gasteiger partial charge in [0, 0.05) is 55.3 Å². The molecule has 1 fully saturated rings. The molecule has 1 heterocycles. The number of amides is 1. The third-order valence-electron chi connectivity index (χ3n) is 5.03. The summed E-state index contributed by atoms with van der Waals surface area (Å²) < 4.78 is 0.951. The summed E-state index contributed by atoms with van der Waals surface area (Å²) in [6.45, 7) is 11.4. The Bertz CT molecular complexity index is 676. The number of nitrogens with one attached hydrogen (secondary N) is 3. The van der Waals surface area contributed by atoms with E-state index in [0.717, 1.165) is 34.8 Å². The number of halogens is 1. The molecule has 6 nitrogen and oxygen atoms in total. The first-order valence-corrected chi connectivity index (χ1v) is 10.4. The SMILES string of the molecule is CN=C(NCCC(=O)Nc1cc(Br)ccc1C)NC1CN(C(C)C)CC1C. The lowest BCUT2D eigenvalue weighted by Gasteiger charge is -2.22. The largest absolute Gasteiger partial charge is 0.356 e. The number of aryl methyl sites for hydroxylation is 1. The Morgan fingerprint density at radius 1 is 1.37 bits per heavy atom. The van der Waals surface area contributed by atoms with Gasteiger partial charge in [-0.25, -0.2) is 0 Å². The van der Waals surface area contributed by atoms with Crippen molar-refractivity contribution in [2.24, 2.45) is 10.9 Å². The number of hydrogen-bond donors (Lipinski definition) is 3. The van der Waals surface area contributed by atoms with Crippen LogP contribution in [0.5, 0.6) is 0 Å². The van der Waals surface area contributed by atoms with Crippen LogP contribution in [-0.2, 0) is 4.79 Å². The summed E-state index contributed by atoms with van der Waals surface area (Å²) in [4.78, 5) is 19.0. The van der Waals surface area contributed by atoms with Crippen LogP contribution < -0.4 is 16.0 Å². The lowest BCUT2D eigenvalue weighted by molar-refractivity contribution is -0.116. The molecule has 2 atom stereocenters. The number of aliphatic imine (C=N–C) groups is 1. The Morgan fingerprint density at radius 3 is 2.74 bits per heavy atom. The van der Waals surface area contributed by atoms with Gasteiger partial charge in [0.1, 0.15) is 0 Å². The average Bonchev–Trinajstić information content (AvgIpc) is 2.98. The van der Waals surface area contributed by atoms with Gasteiger partial charge < -0.3 is 16.0 Å². The van der Waals surface area contributed by atoms with Gasteiger partial charge in [0.05, 0.1) is 0 Å².